The predicted molar refractivity (Wildman–Crippen MR) is 74.1 cm³/mol. The van der Waals surface area contributed by atoms with Gasteiger partial charge in [0.25, 0.3) is 5.91 Å². The average molecular weight is 297 g/mol. The molecule has 0 bridgehead atoms. The monoisotopic (exact) mass is 297 g/mol. The molecule has 1 aliphatic heterocycles. The second-order valence-corrected chi connectivity index (χ2v) is 4.64. The first-order valence-corrected chi connectivity index (χ1v) is 6.50. The van der Waals surface area contributed by atoms with Gasteiger partial charge in [-0.3, -0.25) is 4.79 Å². The van der Waals surface area contributed by atoms with Gasteiger partial charge in [-0.1, -0.05) is 0 Å². The van der Waals surface area contributed by atoms with Gasteiger partial charge in [-0.25, -0.2) is 0 Å². The van der Waals surface area contributed by atoms with Crippen molar-refractivity contribution in [2.24, 2.45) is 0 Å². The van der Waals surface area contributed by atoms with Gasteiger partial charge in [0.05, 0.1) is 13.7 Å². The number of carbonyl (C=O) groups excluding carboxylic acids is 1. The Morgan fingerprint density at radius 1 is 1.29 bits per heavy atom. The molecule has 1 heterocycles. The lowest BCUT2D eigenvalue weighted by Gasteiger charge is -2.48. The van der Waals surface area contributed by atoms with Crippen LogP contribution in [0.15, 0.2) is 24.3 Å². The van der Waals surface area contributed by atoms with Gasteiger partial charge in [0.2, 0.25) is 0 Å². The molecule has 0 spiro atoms. The Kier molecular flexibility index (Phi) is 5.13. The topological polar surface area (TPSA) is 88.5 Å². The maximum absolute atomic E-state index is 12.2. The van der Waals surface area contributed by atoms with Crippen molar-refractivity contribution in [2.45, 2.75) is 18.2 Å². The smallest absolute Gasteiger partial charge is 0.258 e. The molecule has 116 valence electrons. The first-order valence-electron chi connectivity index (χ1n) is 6.50. The minimum atomic E-state index is -1.09. The summed E-state index contributed by atoms with van der Waals surface area (Å²) in [7, 11) is 3.00. The number of hydrogen-bond donors (Lipinski definition) is 2. The van der Waals surface area contributed by atoms with E-state index in [1.807, 2.05) is 0 Å². The first-order chi connectivity index (χ1) is 10.1. The van der Waals surface area contributed by atoms with Crippen LogP contribution in [0.3, 0.4) is 0 Å². The predicted octanol–water partition coefficient (Wildman–Crippen LogP) is -0.247. The Balaban J connectivity index is 2.18. The molecule has 1 unspecified atom stereocenters. The number of aliphatic hydroxyl groups excluding tert-OH is 2. The molecule has 0 aliphatic carbocycles. The molecule has 1 amide bonds. The zero-order valence-electron chi connectivity index (χ0n) is 11.9. The van der Waals surface area contributed by atoms with Crippen molar-refractivity contribution in [3.63, 3.8) is 0 Å². The van der Waals surface area contributed by atoms with Gasteiger partial charge in [0.15, 0.2) is 6.10 Å². The summed E-state index contributed by atoms with van der Waals surface area (Å²) in [6, 6.07) is 6.20. The lowest BCUT2D eigenvalue weighted by atomic mass is 9.91. The number of hydrogen-bond acceptors (Lipinski definition) is 6. The van der Waals surface area contributed by atoms with Gasteiger partial charge in [0, 0.05) is 12.8 Å². The van der Waals surface area contributed by atoms with Crippen molar-refractivity contribution in [2.75, 3.05) is 32.5 Å². The second-order valence-electron chi connectivity index (χ2n) is 4.64. The van der Waals surface area contributed by atoms with Crippen molar-refractivity contribution in [3.05, 3.63) is 24.3 Å². The molecule has 0 radical (unpaired) electrons. The van der Waals surface area contributed by atoms with Gasteiger partial charge in [-0.05, 0) is 24.3 Å². The average Bonchev–Trinajstić information content (AvgIpc) is 2.52. The van der Waals surface area contributed by atoms with E-state index in [1.54, 1.807) is 31.4 Å². The molecule has 2 rings (SSSR count). The minimum Gasteiger partial charge on any atom is -0.497 e. The number of methoxy groups -OCH3 is 2. The van der Waals surface area contributed by atoms with Crippen LogP contribution in [0, 0.1) is 0 Å². The second kappa shape index (κ2) is 6.86. The van der Waals surface area contributed by atoms with E-state index in [0.717, 1.165) is 0 Å². The zero-order chi connectivity index (χ0) is 15.4. The summed E-state index contributed by atoms with van der Waals surface area (Å²) in [6.45, 7) is -0.515. The van der Waals surface area contributed by atoms with E-state index in [-0.39, 0.29) is 12.7 Å². The Bertz CT molecular complexity index is 477. The lowest BCUT2D eigenvalue weighted by Crippen LogP contribution is -2.71. The molecule has 7 nitrogen and oxygen atoms in total. The van der Waals surface area contributed by atoms with Gasteiger partial charge in [0.1, 0.15) is 24.7 Å². The third-order valence-electron chi connectivity index (χ3n) is 3.39. The quantitative estimate of drug-likeness (QED) is 0.533. The molecule has 0 aromatic heterocycles. The summed E-state index contributed by atoms with van der Waals surface area (Å²) in [4.78, 5) is 13.6. The van der Waals surface area contributed by atoms with Crippen LogP contribution < -0.4 is 9.64 Å². The van der Waals surface area contributed by atoms with Crippen LogP contribution in [-0.2, 0) is 14.3 Å². The fraction of sp³-hybridized carbons (Fsp3) is 0.500. The summed E-state index contributed by atoms with van der Waals surface area (Å²) < 4.78 is 15.1. The Morgan fingerprint density at radius 3 is 2.48 bits per heavy atom. The number of ether oxygens (including phenoxy) is 3. The maximum atomic E-state index is 12.2. The van der Waals surface area contributed by atoms with Crippen LogP contribution in [0.25, 0.3) is 0 Å². The SMILES string of the molecule is COCO[C@H]1C(=O)N(c2ccc(OC)cc2)C1[C@H](O)CO. The van der Waals surface area contributed by atoms with Crippen molar-refractivity contribution in [1.82, 2.24) is 0 Å². The van der Waals surface area contributed by atoms with Gasteiger partial charge in [-0.2, -0.15) is 0 Å². The third-order valence-corrected chi connectivity index (χ3v) is 3.39. The number of carbonyl (C=O) groups is 1. The van der Waals surface area contributed by atoms with Crippen molar-refractivity contribution >= 4 is 11.6 Å². The molecule has 7 heteroatoms. The number of nitrogens with zero attached hydrogens (tertiary/aromatic N) is 1. The molecule has 1 aromatic rings. The van der Waals surface area contributed by atoms with Crippen LogP contribution in [-0.4, -0.2) is 62.0 Å². The summed E-state index contributed by atoms with van der Waals surface area (Å²) in [5, 5.41) is 19.1. The third kappa shape index (κ3) is 3.01. The van der Waals surface area contributed by atoms with E-state index >= 15 is 0 Å². The fourth-order valence-corrected chi connectivity index (χ4v) is 2.32. The molecule has 3 atom stereocenters. The highest BCUT2D eigenvalue weighted by Gasteiger charge is 2.52. The van der Waals surface area contributed by atoms with Crippen LogP contribution in [0.2, 0.25) is 0 Å². The molecule has 1 aromatic carbocycles. The highest BCUT2D eigenvalue weighted by molar-refractivity contribution is 6.05. The Morgan fingerprint density at radius 2 is 1.95 bits per heavy atom. The molecular formula is C14H19NO6. The normalized spacial score (nSPS) is 22.9. The molecule has 2 N–H and O–H groups in total. The maximum Gasteiger partial charge on any atom is 0.258 e. The van der Waals surface area contributed by atoms with Gasteiger partial charge in [-0.15, -0.1) is 0 Å². The summed E-state index contributed by atoms with van der Waals surface area (Å²) in [6.07, 6.45) is -1.92. The summed E-state index contributed by atoms with van der Waals surface area (Å²) in [5.74, 6) is 0.382. The molecule has 0 saturated carbocycles. The molecular weight excluding hydrogens is 278 g/mol. The highest BCUT2D eigenvalue weighted by atomic mass is 16.7. The van der Waals surface area contributed by atoms with Crippen molar-refractivity contribution in [1.29, 1.82) is 0 Å². The highest BCUT2D eigenvalue weighted by Crippen LogP contribution is 2.33. The van der Waals surface area contributed by atoms with Gasteiger partial charge < -0.3 is 29.3 Å². The molecule has 1 aliphatic rings. The van der Waals surface area contributed by atoms with E-state index in [0.29, 0.717) is 11.4 Å². The standard InChI is InChI=1S/C14H19NO6/c1-19-8-21-13-12(11(17)7-16)15(14(13)18)9-3-5-10(20-2)6-4-9/h3-6,11-13,16-17H,7-8H2,1-2H3/t11-,12?,13-/m1/s1. The number of β-lactam (4-membered cyclic amide) rings is 1. The fourth-order valence-electron chi connectivity index (χ4n) is 2.32. The van der Waals surface area contributed by atoms with E-state index in [1.165, 1.54) is 12.0 Å². The molecule has 1 fully saturated rings. The number of anilines is 1. The number of rotatable bonds is 7. The van der Waals surface area contributed by atoms with E-state index in [9.17, 15) is 9.90 Å². The van der Waals surface area contributed by atoms with Crippen molar-refractivity contribution < 1.29 is 29.2 Å². The van der Waals surface area contributed by atoms with Crippen LogP contribution in [0.5, 0.6) is 5.75 Å². The van der Waals surface area contributed by atoms with E-state index in [2.05, 4.69) is 0 Å². The van der Waals surface area contributed by atoms with Gasteiger partial charge >= 0.3 is 0 Å². The van der Waals surface area contributed by atoms with Crippen molar-refractivity contribution in [3.8, 4) is 5.75 Å². The zero-order valence-corrected chi connectivity index (χ0v) is 11.9. The first kappa shape index (κ1) is 15.7. The Hall–Kier alpha value is -1.67. The van der Waals surface area contributed by atoms with E-state index in [4.69, 9.17) is 19.3 Å². The van der Waals surface area contributed by atoms with Crippen LogP contribution in [0.1, 0.15) is 0 Å². The lowest BCUT2D eigenvalue weighted by molar-refractivity contribution is -0.161. The summed E-state index contributed by atoms with van der Waals surface area (Å²) in [5.41, 5.74) is 0.607. The van der Waals surface area contributed by atoms with E-state index < -0.39 is 24.9 Å². The largest absolute Gasteiger partial charge is 0.497 e. The number of aliphatic hydroxyl groups is 2. The minimum absolute atomic E-state index is 0.0541. The van der Waals surface area contributed by atoms with Crippen LogP contribution in [0.4, 0.5) is 5.69 Å². The number of amides is 1. The Labute approximate surface area is 122 Å². The molecule has 21 heavy (non-hydrogen) atoms. The molecule has 1 saturated heterocycles. The number of benzene rings is 1. The van der Waals surface area contributed by atoms with Crippen LogP contribution >= 0.6 is 0 Å². The summed E-state index contributed by atoms with van der Waals surface area (Å²) >= 11 is 0.